The van der Waals surface area contributed by atoms with Crippen LogP contribution in [-0.2, 0) is 5.54 Å². The first-order chi connectivity index (χ1) is 8.69. The van der Waals surface area contributed by atoms with E-state index in [-0.39, 0.29) is 5.54 Å². The normalized spacial score (nSPS) is 18.1. The highest BCUT2D eigenvalue weighted by Gasteiger charge is 2.31. The van der Waals surface area contributed by atoms with Crippen LogP contribution in [0.15, 0.2) is 30.9 Å². The van der Waals surface area contributed by atoms with Gasteiger partial charge in [-0.1, -0.05) is 30.5 Å². The van der Waals surface area contributed by atoms with E-state index in [0.29, 0.717) is 5.02 Å². The van der Waals surface area contributed by atoms with Gasteiger partial charge in [0.25, 0.3) is 0 Å². The standard InChI is InChI=1S/C13H15ClN4/c14-11-7-10(13(15)5-1-2-6-13)3-4-12(11)18-9-16-8-17-18/h3-4,7-9H,1-2,5-6,15H2. The van der Waals surface area contributed by atoms with Gasteiger partial charge < -0.3 is 5.73 Å². The largest absolute Gasteiger partial charge is 0.321 e. The highest BCUT2D eigenvalue weighted by Crippen LogP contribution is 2.37. The van der Waals surface area contributed by atoms with E-state index < -0.39 is 0 Å². The van der Waals surface area contributed by atoms with Gasteiger partial charge in [0.05, 0.1) is 10.7 Å². The van der Waals surface area contributed by atoms with Crippen LogP contribution < -0.4 is 5.73 Å². The molecule has 2 aromatic rings. The molecule has 1 aromatic carbocycles. The smallest absolute Gasteiger partial charge is 0.138 e. The van der Waals surface area contributed by atoms with Crippen LogP contribution in [0.1, 0.15) is 31.2 Å². The van der Waals surface area contributed by atoms with E-state index in [9.17, 15) is 0 Å². The maximum absolute atomic E-state index is 6.42. The zero-order valence-corrected chi connectivity index (χ0v) is 10.8. The minimum absolute atomic E-state index is 0.204. The molecule has 0 radical (unpaired) electrons. The average molecular weight is 263 g/mol. The predicted molar refractivity (Wildman–Crippen MR) is 70.7 cm³/mol. The molecule has 94 valence electrons. The topological polar surface area (TPSA) is 56.7 Å². The van der Waals surface area contributed by atoms with Crippen molar-refractivity contribution in [2.75, 3.05) is 0 Å². The second-order valence-electron chi connectivity index (χ2n) is 4.87. The van der Waals surface area contributed by atoms with Gasteiger partial charge in [-0.05, 0) is 30.5 Å². The van der Waals surface area contributed by atoms with E-state index in [0.717, 1.165) is 24.1 Å². The quantitative estimate of drug-likeness (QED) is 0.905. The summed E-state index contributed by atoms with van der Waals surface area (Å²) in [4.78, 5) is 3.92. The zero-order valence-electron chi connectivity index (χ0n) is 10.0. The fraction of sp³-hybridized carbons (Fsp3) is 0.385. The Morgan fingerprint density at radius 3 is 2.67 bits per heavy atom. The molecule has 0 spiro atoms. The number of nitrogens with two attached hydrogens (primary N) is 1. The van der Waals surface area contributed by atoms with E-state index in [1.165, 1.54) is 19.2 Å². The van der Waals surface area contributed by atoms with Crippen LogP contribution in [0.25, 0.3) is 5.69 Å². The second kappa shape index (κ2) is 4.37. The van der Waals surface area contributed by atoms with E-state index in [1.54, 1.807) is 11.0 Å². The Hall–Kier alpha value is -1.39. The number of nitrogens with zero attached hydrogens (tertiary/aromatic N) is 3. The summed E-state index contributed by atoms with van der Waals surface area (Å²) in [6, 6.07) is 5.97. The number of aromatic nitrogens is 3. The second-order valence-corrected chi connectivity index (χ2v) is 5.28. The van der Waals surface area contributed by atoms with Gasteiger partial charge in [-0.15, -0.1) is 0 Å². The molecule has 0 bridgehead atoms. The summed E-state index contributed by atoms with van der Waals surface area (Å²) >= 11 is 6.32. The molecule has 4 nitrogen and oxygen atoms in total. The number of hydrogen-bond acceptors (Lipinski definition) is 3. The molecule has 0 unspecified atom stereocenters. The molecule has 1 aliphatic carbocycles. The lowest BCUT2D eigenvalue weighted by Gasteiger charge is -2.24. The molecule has 0 saturated heterocycles. The summed E-state index contributed by atoms with van der Waals surface area (Å²) in [5.41, 5.74) is 8.17. The molecule has 0 atom stereocenters. The van der Waals surface area contributed by atoms with Gasteiger partial charge in [0.2, 0.25) is 0 Å². The lowest BCUT2D eigenvalue weighted by atomic mass is 9.89. The summed E-state index contributed by atoms with van der Waals surface area (Å²) < 4.78 is 1.66. The van der Waals surface area contributed by atoms with Crippen molar-refractivity contribution in [1.82, 2.24) is 14.8 Å². The molecule has 3 rings (SSSR count). The van der Waals surface area contributed by atoms with Crippen molar-refractivity contribution >= 4 is 11.6 Å². The molecule has 2 N–H and O–H groups in total. The molecule has 1 aromatic heterocycles. The first kappa shape index (κ1) is 11.7. The monoisotopic (exact) mass is 262 g/mol. The van der Waals surface area contributed by atoms with Gasteiger partial charge in [-0.25, -0.2) is 9.67 Å². The van der Waals surface area contributed by atoms with E-state index in [1.807, 2.05) is 18.2 Å². The van der Waals surface area contributed by atoms with Crippen LogP contribution in [0.3, 0.4) is 0 Å². The van der Waals surface area contributed by atoms with Crippen LogP contribution in [0.5, 0.6) is 0 Å². The number of rotatable bonds is 2. The van der Waals surface area contributed by atoms with Gasteiger partial charge >= 0.3 is 0 Å². The summed E-state index contributed by atoms with van der Waals surface area (Å²) in [6.45, 7) is 0. The maximum atomic E-state index is 6.42. The Bertz CT molecular complexity index is 544. The lowest BCUT2D eigenvalue weighted by molar-refractivity contribution is 0.461. The zero-order chi connectivity index (χ0) is 12.6. The van der Waals surface area contributed by atoms with Gasteiger partial charge in [-0.2, -0.15) is 5.10 Å². The van der Waals surface area contributed by atoms with E-state index in [2.05, 4.69) is 10.1 Å². The molecule has 0 aliphatic heterocycles. The first-order valence-corrected chi connectivity index (χ1v) is 6.51. The molecule has 1 aliphatic rings. The van der Waals surface area contributed by atoms with Crippen LogP contribution in [0, 0.1) is 0 Å². The predicted octanol–water partition coefficient (Wildman–Crippen LogP) is 2.65. The molecule has 1 fully saturated rings. The molecular weight excluding hydrogens is 248 g/mol. The molecule has 5 heteroatoms. The molecule has 1 saturated carbocycles. The Morgan fingerprint density at radius 1 is 1.28 bits per heavy atom. The third kappa shape index (κ3) is 1.91. The number of hydrogen-bond donors (Lipinski definition) is 1. The lowest BCUT2D eigenvalue weighted by Crippen LogP contribution is -2.33. The van der Waals surface area contributed by atoms with Gasteiger partial charge in [0.15, 0.2) is 0 Å². The van der Waals surface area contributed by atoms with Crippen LogP contribution in [0.4, 0.5) is 0 Å². The van der Waals surface area contributed by atoms with Crippen molar-refractivity contribution in [2.24, 2.45) is 5.73 Å². The minimum Gasteiger partial charge on any atom is -0.321 e. The number of halogens is 1. The average Bonchev–Trinajstić information content (AvgIpc) is 3.00. The van der Waals surface area contributed by atoms with Crippen LogP contribution >= 0.6 is 11.6 Å². The maximum Gasteiger partial charge on any atom is 0.138 e. The first-order valence-electron chi connectivity index (χ1n) is 6.13. The Kier molecular flexibility index (Phi) is 2.84. The highest BCUT2D eigenvalue weighted by molar-refractivity contribution is 6.32. The molecule has 0 amide bonds. The SMILES string of the molecule is NC1(c2ccc(-n3cncn3)c(Cl)c2)CCCC1. The third-order valence-corrected chi connectivity index (χ3v) is 3.99. The fourth-order valence-electron chi connectivity index (χ4n) is 2.63. The highest BCUT2D eigenvalue weighted by atomic mass is 35.5. The van der Waals surface area contributed by atoms with Crippen molar-refractivity contribution in [3.05, 3.63) is 41.4 Å². The van der Waals surface area contributed by atoms with Crippen LogP contribution in [0.2, 0.25) is 5.02 Å². The van der Waals surface area contributed by atoms with Crippen molar-refractivity contribution < 1.29 is 0 Å². The van der Waals surface area contributed by atoms with Crippen molar-refractivity contribution in [3.8, 4) is 5.69 Å². The van der Waals surface area contributed by atoms with Crippen molar-refractivity contribution in [2.45, 2.75) is 31.2 Å². The van der Waals surface area contributed by atoms with Crippen molar-refractivity contribution in [3.63, 3.8) is 0 Å². The van der Waals surface area contributed by atoms with Crippen molar-refractivity contribution in [1.29, 1.82) is 0 Å². The summed E-state index contributed by atoms with van der Waals surface area (Å²) in [6.07, 6.45) is 7.58. The summed E-state index contributed by atoms with van der Waals surface area (Å²) in [7, 11) is 0. The Balaban J connectivity index is 1.99. The van der Waals surface area contributed by atoms with E-state index in [4.69, 9.17) is 17.3 Å². The molecular formula is C13H15ClN4. The van der Waals surface area contributed by atoms with E-state index >= 15 is 0 Å². The fourth-order valence-corrected chi connectivity index (χ4v) is 2.90. The molecule has 18 heavy (non-hydrogen) atoms. The van der Waals surface area contributed by atoms with Gasteiger partial charge in [-0.3, -0.25) is 0 Å². The van der Waals surface area contributed by atoms with Gasteiger partial charge in [0, 0.05) is 5.54 Å². The minimum atomic E-state index is -0.204. The Morgan fingerprint density at radius 2 is 2.06 bits per heavy atom. The third-order valence-electron chi connectivity index (χ3n) is 3.68. The summed E-state index contributed by atoms with van der Waals surface area (Å²) in [5.74, 6) is 0. The van der Waals surface area contributed by atoms with Crippen LogP contribution in [-0.4, -0.2) is 14.8 Å². The Labute approximate surface area is 111 Å². The molecule has 1 heterocycles. The summed E-state index contributed by atoms with van der Waals surface area (Å²) in [5, 5.41) is 4.74. The van der Waals surface area contributed by atoms with Gasteiger partial charge in [0.1, 0.15) is 12.7 Å². The number of benzene rings is 1.